The molecule has 0 radical (unpaired) electrons. The smallest absolute Gasteiger partial charge is 0.231 e. The first kappa shape index (κ1) is 9.08. The molecule has 1 aliphatic rings. The second-order valence-electron chi connectivity index (χ2n) is 3.59. The van der Waals surface area contributed by atoms with Crippen LogP contribution >= 0.6 is 0 Å². The molecule has 0 bridgehead atoms. The van der Waals surface area contributed by atoms with Gasteiger partial charge in [0.15, 0.2) is 11.5 Å². The molecule has 0 fully saturated rings. The average Bonchev–Trinajstić information content (AvgIpc) is 2.87. The molecule has 0 atom stereocenters. The highest BCUT2D eigenvalue weighted by Gasteiger charge is 2.19. The van der Waals surface area contributed by atoms with E-state index in [1.165, 1.54) is 0 Å². The van der Waals surface area contributed by atoms with Crippen LogP contribution in [0, 0.1) is 6.92 Å². The van der Waals surface area contributed by atoms with Crippen LogP contribution in [0.2, 0.25) is 0 Å². The maximum Gasteiger partial charge on any atom is 0.231 e. The normalized spacial score (nSPS) is 13.1. The summed E-state index contributed by atoms with van der Waals surface area (Å²) in [6.07, 6.45) is 0. The lowest BCUT2D eigenvalue weighted by Gasteiger charge is -2.05. The molecule has 0 saturated carbocycles. The molecule has 1 aromatic carbocycles. The van der Waals surface area contributed by atoms with E-state index in [1.54, 1.807) is 6.07 Å². The standard InChI is InChI=1S/C11H10N2O3/c1-6-7(8-4-10(12)16-13-8)2-3-9-11(6)15-5-14-9/h2-4H,5,12H2,1H3. The van der Waals surface area contributed by atoms with Crippen LogP contribution in [0.3, 0.4) is 0 Å². The van der Waals surface area contributed by atoms with E-state index in [2.05, 4.69) is 5.16 Å². The second kappa shape index (κ2) is 3.16. The number of nitrogens with zero attached hydrogens (tertiary/aromatic N) is 1. The van der Waals surface area contributed by atoms with Gasteiger partial charge in [-0.25, -0.2) is 0 Å². The SMILES string of the molecule is Cc1c(-c2cc(N)on2)ccc2c1OCO2. The van der Waals surface area contributed by atoms with Crippen LogP contribution in [-0.2, 0) is 0 Å². The molecule has 5 heteroatoms. The summed E-state index contributed by atoms with van der Waals surface area (Å²) in [5.74, 6) is 1.82. The number of fused-ring (bicyclic) bond motifs is 1. The first-order valence-corrected chi connectivity index (χ1v) is 4.87. The van der Waals surface area contributed by atoms with Crippen molar-refractivity contribution in [2.24, 2.45) is 0 Å². The summed E-state index contributed by atoms with van der Waals surface area (Å²) >= 11 is 0. The molecule has 0 unspecified atom stereocenters. The average molecular weight is 218 g/mol. The number of hydrogen-bond donors (Lipinski definition) is 1. The minimum absolute atomic E-state index is 0.264. The van der Waals surface area contributed by atoms with Crippen molar-refractivity contribution in [2.45, 2.75) is 6.92 Å². The summed E-state index contributed by atoms with van der Waals surface area (Å²) in [7, 11) is 0. The van der Waals surface area contributed by atoms with Gasteiger partial charge in [-0.15, -0.1) is 0 Å². The van der Waals surface area contributed by atoms with Gasteiger partial charge >= 0.3 is 0 Å². The Morgan fingerprint density at radius 2 is 2.19 bits per heavy atom. The van der Waals surface area contributed by atoms with Crippen LogP contribution in [0.1, 0.15) is 5.56 Å². The Bertz CT molecular complexity index is 548. The Balaban J connectivity index is 2.15. The molecule has 3 rings (SSSR count). The van der Waals surface area contributed by atoms with Gasteiger partial charge < -0.3 is 19.7 Å². The lowest BCUT2D eigenvalue weighted by molar-refractivity contribution is 0.173. The Morgan fingerprint density at radius 3 is 2.94 bits per heavy atom. The van der Waals surface area contributed by atoms with Crippen LogP contribution < -0.4 is 15.2 Å². The third kappa shape index (κ3) is 1.21. The van der Waals surface area contributed by atoms with Crippen LogP contribution in [0.25, 0.3) is 11.3 Å². The predicted octanol–water partition coefficient (Wildman–Crippen LogP) is 1.96. The zero-order valence-electron chi connectivity index (χ0n) is 8.69. The van der Waals surface area contributed by atoms with Gasteiger partial charge in [0, 0.05) is 17.2 Å². The summed E-state index contributed by atoms with van der Waals surface area (Å²) in [5, 5.41) is 3.88. The van der Waals surface area contributed by atoms with Gasteiger partial charge in [0.2, 0.25) is 12.7 Å². The molecule has 2 heterocycles. The summed E-state index contributed by atoms with van der Waals surface area (Å²) in [5.41, 5.74) is 8.11. The Hall–Kier alpha value is -2.17. The van der Waals surface area contributed by atoms with Crippen molar-refractivity contribution < 1.29 is 14.0 Å². The number of benzene rings is 1. The fourth-order valence-electron chi connectivity index (χ4n) is 1.81. The summed E-state index contributed by atoms with van der Waals surface area (Å²) in [6, 6.07) is 5.46. The molecule has 2 N–H and O–H groups in total. The van der Waals surface area contributed by atoms with E-state index in [4.69, 9.17) is 19.7 Å². The van der Waals surface area contributed by atoms with E-state index in [1.807, 2.05) is 19.1 Å². The third-order valence-corrected chi connectivity index (χ3v) is 2.59. The highest BCUT2D eigenvalue weighted by atomic mass is 16.7. The fraction of sp³-hybridized carbons (Fsp3) is 0.182. The van der Waals surface area contributed by atoms with Crippen molar-refractivity contribution in [1.29, 1.82) is 0 Å². The molecular weight excluding hydrogens is 208 g/mol. The number of aromatic nitrogens is 1. The van der Waals surface area contributed by atoms with Crippen molar-refractivity contribution >= 4 is 5.88 Å². The maximum atomic E-state index is 5.49. The Kier molecular flexibility index (Phi) is 1.80. The van der Waals surface area contributed by atoms with Gasteiger partial charge in [-0.1, -0.05) is 5.16 Å². The van der Waals surface area contributed by atoms with Gasteiger partial charge in [-0.2, -0.15) is 0 Å². The molecule has 5 nitrogen and oxygen atoms in total. The van der Waals surface area contributed by atoms with Crippen LogP contribution in [0.4, 0.5) is 5.88 Å². The Labute approximate surface area is 91.7 Å². The minimum atomic E-state index is 0.264. The molecular formula is C11H10N2O3. The largest absolute Gasteiger partial charge is 0.454 e. The van der Waals surface area contributed by atoms with Gasteiger partial charge in [-0.3, -0.25) is 0 Å². The molecule has 16 heavy (non-hydrogen) atoms. The van der Waals surface area contributed by atoms with E-state index < -0.39 is 0 Å². The number of rotatable bonds is 1. The number of ether oxygens (including phenoxy) is 2. The topological polar surface area (TPSA) is 70.5 Å². The van der Waals surface area contributed by atoms with Crippen molar-refractivity contribution in [3.63, 3.8) is 0 Å². The highest BCUT2D eigenvalue weighted by molar-refractivity contribution is 5.70. The van der Waals surface area contributed by atoms with Gasteiger partial charge in [0.05, 0.1) is 0 Å². The van der Waals surface area contributed by atoms with Gasteiger partial charge in [0.1, 0.15) is 5.69 Å². The summed E-state index contributed by atoms with van der Waals surface area (Å²) < 4.78 is 15.5. The van der Waals surface area contributed by atoms with Crippen molar-refractivity contribution in [3.05, 3.63) is 23.8 Å². The first-order chi connectivity index (χ1) is 7.75. The zero-order valence-corrected chi connectivity index (χ0v) is 8.69. The fourth-order valence-corrected chi connectivity index (χ4v) is 1.81. The lowest BCUT2D eigenvalue weighted by atomic mass is 10.0. The second-order valence-corrected chi connectivity index (χ2v) is 3.59. The van der Waals surface area contributed by atoms with E-state index >= 15 is 0 Å². The number of hydrogen-bond acceptors (Lipinski definition) is 5. The van der Waals surface area contributed by atoms with E-state index in [0.29, 0.717) is 11.6 Å². The van der Waals surface area contributed by atoms with Crippen molar-refractivity contribution in [3.8, 4) is 22.8 Å². The maximum absolute atomic E-state index is 5.49. The summed E-state index contributed by atoms with van der Waals surface area (Å²) in [4.78, 5) is 0. The first-order valence-electron chi connectivity index (χ1n) is 4.87. The van der Waals surface area contributed by atoms with E-state index in [-0.39, 0.29) is 6.79 Å². The van der Waals surface area contributed by atoms with Crippen molar-refractivity contribution in [1.82, 2.24) is 5.16 Å². The predicted molar refractivity (Wildman–Crippen MR) is 57.2 cm³/mol. The van der Waals surface area contributed by atoms with Crippen LogP contribution in [-0.4, -0.2) is 11.9 Å². The molecule has 0 amide bonds. The Morgan fingerprint density at radius 1 is 1.31 bits per heavy atom. The van der Waals surface area contributed by atoms with E-state index in [0.717, 1.165) is 22.6 Å². The van der Waals surface area contributed by atoms with Crippen molar-refractivity contribution in [2.75, 3.05) is 12.5 Å². The van der Waals surface area contributed by atoms with E-state index in [9.17, 15) is 0 Å². The molecule has 2 aromatic rings. The monoisotopic (exact) mass is 218 g/mol. The molecule has 82 valence electrons. The number of nitrogen functional groups attached to an aromatic ring is 1. The number of nitrogens with two attached hydrogens (primary N) is 1. The third-order valence-electron chi connectivity index (χ3n) is 2.59. The van der Waals surface area contributed by atoms with Gasteiger partial charge in [0.25, 0.3) is 0 Å². The molecule has 1 aromatic heterocycles. The quantitative estimate of drug-likeness (QED) is 0.792. The lowest BCUT2D eigenvalue weighted by Crippen LogP contribution is -1.93. The highest BCUT2D eigenvalue weighted by Crippen LogP contribution is 2.40. The molecule has 0 spiro atoms. The molecule has 0 saturated heterocycles. The number of anilines is 1. The molecule has 1 aliphatic heterocycles. The zero-order chi connectivity index (χ0) is 11.1. The minimum Gasteiger partial charge on any atom is -0.454 e. The summed E-state index contributed by atoms with van der Waals surface area (Å²) in [6.45, 7) is 2.22. The molecule has 0 aliphatic carbocycles. The van der Waals surface area contributed by atoms with Crippen LogP contribution in [0.5, 0.6) is 11.5 Å². The van der Waals surface area contributed by atoms with Crippen LogP contribution in [0.15, 0.2) is 22.7 Å². The van der Waals surface area contributed by atoms with Gasteiger partial charge in [-0.05, 0) is 19.1 Å².